The summed E-state index contributed by atoms with van der Waals surface area (Å²) in [6.45, 7) is 8.62. The van der Waals surface area contributed by atoms with Crippen molar-refractivity contribution in [3.05, 3.63) is 30.3 Å². The first-order chi connectivity index (χ1) is 17.4. The van der Waals surface area contributed by atoms with Gasteiger partial charge in [-0.25, -0.2) is 13.2 Å². The lowest BCUT2D eigenvalue weighted by Crippen LogP contribution is -2.47. The van der Waals surface area contributed by atoms with E-state index in [1.54, 1.807) is 24.3 Å². The summed E-state index contributed by atoms with van der Waals surface area (Å²) >= 11 is 0. The van der Waals surface area contributed by atoms with E-state index in [2.05, 4.69) is 22.2 Å². The van der Waals surface area contributed by atoms with Gasteiger partial charge in [-0.2, -0.15) is 17.5 Å². The molecule has 2 N–H and O–H groups in total. The molecule has 0 saturated carbocycles. The first-order valence-corrected chi connectivity index (χ1v) is 13.6. The van der Waals surface area contributed by atoms with E-state index in [1.165, 1.54) is 4.31 Å². The van der Waals surface area contributed by atoms with Crippen LogP contribution in [0.2, 0.25) is 0 Å². The fourth-order valence-corrected chi connectivity index (χ4v) is 5.43. The lowest BCUT2D eigenvalue weighted by Gasteiger charge is -2.33. The van der Waals surface area contributed by atoms with Crippen LogP contribution in [0.3, 0.4) is 0 Å². The molecule has 2 aliphatic rings. The van der Waals surface area contributed by atoms with Gasteiger partial charge in [-0.1, -0.05) is 18.2 Å². The van der Waals surface area contributed by atoms with Crippen molar-refractivity contribution in [2.24, 2.45) is 0 Å². The van der Waals surface area contributed by atoms with Crippen LogP contribution in [0.25, 0.3) is 0 Å². The number of sulfonamides is 1. The lowest BCUT2D eigenvalue weighted by atomic mass is 10.3. The third kappa shape index (κ3) is 10.6. The number of likely N-dealkylation sites (N-methyl/N-ethyl adjacent to an activating group) is 1. The Morgan fingerprint density at radius 1 is 1.00 bits per heavy atom. The van der Waals surface area contributed by atoms with Crippen molar-refractivity contribution in [1.29, 1.82) is 0 Å². The number of nitrogens with zero attached hydrogens (tertiary/aromatic N) is 4. The molecule has 2 fully saturated rings. The number of carboxylic acids is 1. The zero-order valence-electron chi connectivity index (χ0n) is 21.0. The van der Waals surface area contributed by atoms with Gasteiger partial charge in [0.15, 0.2) is 0 Å². The monoisotopic (exact) mass is 551 g/mol. The van der Waals surface area contributed by atoms with Crippen LogP contribution in [0.15, 0.2) is 35.2 Å². The molecule has 10 nitrogen and oxygen atoms in total. The summed E-state index contributed by atoms with van der Waals surface area (Å²) in [5.74, 6) is -2.73. The molecule has 2 heterocycles. The molecule has 0 radical (unpaired) electrons. The third-order valence-corrected chi connectivity index (χ3v) is 8.06. The summed E-state index contributed by atoms with van der Waals surface area (Å²) in [5.41, 5.74) is 0. The largest absolute Gasteiger partial charge is 0.490 e. The molecule has 1 aromatic carbocycles. The Morgan fingerprint density at radius 2 is 1.57 bits per heavy atom. The van der Waals surface area contributed by atoms with E-state index >= 15 is 0 Å². The Labute approximate surface area is 216 Å². The Hall–Kier alpha value is -2.26. The smallest absolute Gasteiger partial charge is 0.475 e. The van der Waals surface area contributed by atoms with Crippen LogP contribution in [0.1, 0.15) is 12.8 Å². The topological polar surface area (TPSA) is 114 Å². The van der Waals surface area contributed by atoms with Crippen molar-refractivity contribution in [3.63, 3.8) is 0 Å². The highest BCUT2D eigenvalue weighted by atomic mass is 32.2. The third-order valence-electron chi connectivity index (χ3n) is 6.15. The molecule has 0 spiro atoms. The highest BCUT2D eigenvalue weighted by molar-refractivity contribution is 7.89. The molecule has 0 bridgehead atoms. The van der Waals surface area contributed by atoms with E-state index in [9.17, 15) is 26.4 Å². The van der Waals surface area contributed by atoms with Crippen molar-refractivity contribution in [2.45, 2.75) is 23.9 Å². The minimum Gasteiger partial charge on any atom is -0.475 e. The lowest BCUT2D eigenvalue weighted by molar-refractivity contribution is -0.192. The van der Waals surface area contributed by atoms with Gasteiger partial charge in [-0.15, -0.1) is 0 Å². The standard InChI is InChI=1S/C21H35N5O3S.C2HF3O2/c1-23-16-18-24(19-17-23)11-5-12-26(30(28,29)20-6-3-2-4-7-20)13-8-21(27)25-14-9-22-10-15-25;3-2(4,5)1(6)7/h2-4,6-7,22H,5,8-19H2,1H3;(H,6,7). The molecule has 3 rings (SSSR count). The predicted molar refractivity (Wildman–Crippen MR) is 132 cm³/mol. The van der Waals surface area contributed by atoms with Crippen LogP contribution in [-0.2, 0) is 19.6 Å². The number of hydrogen-bond donors (Lipinski definition) is 2. The fourth-order valence-electron chi connectivity index (χ4n) is 3.93. The first-order valence-electron chi connectivity index (χ1n) is 12.2. The Bertz CT molecular complexity index is 951. The Kier molecular flexibility index (Phi) is 12.2. The van der Waals surface area contributed by atoms with Gasteiger partial charge in [0.2, 0.25) is 15.9 Å². The van der Waals surface area contributed by atoms with Crippen LogP contribution < -0.4 is 5.32 Å². The summed E-state index contributed by atoms with van der Waals surface area (Å²) < 4.78 is 59.7. The van der Waals surface area contributed by atoms with Gasteiger partial charge in [0.25, 0.3) is 0 Å². The Morgan fingerprint density at radius 3 is 2.11 bits per heavy atom. The maximum Gasteiger partial charge on any atom is 0.490 e. The average Bonchev–Trinajstić information content (AvgIpc) is 2.87. The van der Waals surface area contributed by atoms with Gasteiger partial charge >= 0.3 is 12.1 Å². The summed E-state index contributed by atoms with van der Waals surface area (Å²) in [4.78, 5) is 28.3. The number of amides is 1. The predicted octanol–water partition coefficient (Wildman–Crippen LogP) is 0.770. The van der Waals surface area contributed by atoms with Crippen molar-refractivity contribution < 1.29 is 36.3 Å². The normalized spacial score (nSPS) is 17.8. The van der Waals surface area contributed by atoms with E-state index in [0.29, 0.717) is 24.5 Å². The number of carbonyl (C=O) groups excluding carboxylic acids is 1. The highest BCUT2D eigenvalue weighted by Crippen LogP contribution is 2.17. The summed E-state index contributed by atoms with van der Waals surface area (Å²) in [6.07, 6.45) is -4.10. The second-order valence-electron chi connectivity index (χ2n) is 8.90. The quantitative estimate of drug-likeness (QED) is 0.463. The molecular weight excluding hydrogens is 515 g/mol. The fraction of sp³-hybridized carbons (Fsp3) is 0.652. The van der Waals surface area contributed by atoms with E-state index in [-0.39, 0.29) is 18.9 Å². The minimum atomic E-state index is -5.08. The van der Waals surface area contributed by atoms with Gasteiger partial charge in [-0.05, 0) is 32.1 Å². The van der Waals surface area contributed by atoms with Gasteiger partial charge in [0, 0.05) is 71.9 Å². The molecule has 1 amide bonds. The molecule has 210 valence electrons. The maximum absolute atomic E-state index is 13.2. The number of halogens is 3. The van der Waals surface area contributed by atoms with Gasteiger partial charge in [-0.3, -0.25) is 4.79 Å². The Balaban J connectivity index is 0.000000604. The molecule has 0 aromatic heterocycles. The zero-order chi connectivity index (χ0) is 27.5. The number of aliphatic carboxylic acids is 1. The van der Waals surface area contributed by atoms with Gasteiger partial charge in [0.1, 0.15) is 0 Å². The second-order valence-corrected chi connectivity index (χ2v) is 10.8. The molecule has 2 aliphatic heterocycles. The number of benzene rings is 1. The number of piperazine rings is 2. The number of rotatable bonds is 9. The van der Waals surface area contributed by atoms with Gasteiger partial charge in [0.05, 0.1) is 4.90 Å². The average molecular weight is 552 g/mol. The molecular formula is C23H36F3N5O5S. The van der Waals surface area contributed by atoms with E-state index in [1.807, 2.05) is 11.0 Å². The van der Waals surface area contributed by atoms with Crippen LogP contribution in [-0.4, -0.2) is 130 Å². The number of nitrogens with one attached hydrogen (secondary N) is 1. The van der Waals surface area contributed by atoms with Crippen molar-refractivity contribution in [2.75, 3.05) is 79.0 Å². The van der Waals surface area contributed by atoms with E-state index in [4.69, 9.17) is 9.90 Å². The molecule has 14 heteroatoms. The molecule has 2 saturated heterocycles. The van der Waals surface area contributed by atoms with Crippen molar-refractivity contribution in [3.8, 4) is 0 Å². The number of hydrogen-bond acceptors (Lipinski definition) is 7. The summed E-state index contributed by atoms with van der Waals surface area (Å²) in [6, 6.07) is 8.54. The van der Waals surface area contributed by atoms with Crippen LogP contribution >= 0.6 is 0 Å². The van der Waals surface area contributed by atoms with Crippen LogP contribution in [0.5, 0.6) is 0 Å². The molecule has 37 heavy (non-hydrogen) atoms. The molecule has 0 unspecified atom stereocenters. The van der Waals surface area contributed by atoms with Gasteiger partial charge < -0.3 is 25.1 Å². The maximum atomic E-state index is 13.2. The van der Waals surface area contributed by atoms with Crippen molar-refractivity contribution >= 4 is 21.9 Å². The van der Waals surface area contributed by atoms with Crippen molar-refractivity contribution in [1.82, 2.24) is 24.3 Å². The molecule has 1 aromatic rings. The molecule has 0 aliphatic carbocycles. The highest BCUT2D eigenvalue weighted by Gasteiger charge is 2.38. The summed E-state index contributed by atoms with van der Waals surface area (Å²) in [5, 5.41) is 10.4. The minimum absolute atomic E-state index is 0.0313. The van der Waals surface area contributed by atoms with Crippen LogP contribution in [0, 0.1) is 0 Å². The molecule has 0 atom stereocenters. The van der Waals surface area contributed by atoms with E-state index in [0.717, 1.165) is 52.2 Å². The number of carbonyl (C=O) groups is 2. The zero-order valence-corrected chi connectivity index (χ0v) is 21.8. The first kappa shape index (κ1) is 31.0. The van der Waals surface area contributed by atoms with Crippen LogP contribution in [0.4, 0.5) is 13.2 Å². The number of carboxylic acid groups (broad SMARTS) is 1. The summed E-state index contributed by atoms with van der Waals surface area (Å²) in [7, 11) is -1.49. The van der Waals surface area contributed by atoms with E-state index < -0.39 is 22.2 Å². The number of alkyl halides is 3. The SMILES string of the molecule is CN1CCN(CCCN(CCC(=O)N2CCNCC2)S(=O)(=O)c2ccccc2)CC1.O=C(O)C(F)(F)F. The second kappa shape index (κ2) is 14.6.